The minimum absolute atomic E-state index is 0.0348. The van der Waals surface area contributed by atoms with Crippen LogP contribution in [-0.2, 0) is 9.53 Å². The maximum absolute atomic E-state index is 12.8. The maximum Gasteiger partial charge on any atom is 0.317 e. The van der Waals surface area contributed by atoms with E-state index in [1.807, 2.05) is 18.2 Å². The number of hydrogen-bond donors (Lipinski definition) is 2. The number of nitrogens with zero attached hydrogens (tertiary/aromatic N) is 2. The molecule has 1 saturated carbocycles. The second kappa shape index (κ2) is 9.19. The number of likely N-dealkylation sites (N-methyl/N-ethyl adjacent to an activating group) is 1. The molecule has 0 aromatic heterocycles. The van der Waals surface area contributed by atoms with Gasteiger partial charge in [0.1, 0.15) is 0 Å². The molecule has 1 saturated heterocycles. The summed E-state index contributed by atoms with van der Waals surface area (Å²) in [5, 5.41) is 12.1. The third kappa shape index (κ3) is 5.43. The van der Waals surface area contributed by atoms with E-state index in [4.69, 9.17) is 9.84 Å². The number of hydrogen-bond acceptors (Lipinski definition) is 4. The summed E-state index contributed by atoms with van der Waals surface area (Å²) in [5.74, 6) is -0.496. The van der Waals surface area contributed by atoms with Gasteiger partial charge in [0.25, 0.3) is 0 Å². The van der Waals surface area contributed by atoms with Gasteiger partial charge in [-0.2, -0.15) is 0 Å². The number of carboxylic acids is 1. The zero-order valence-corrected chi connectivity index (χ0v) is 15.8. The molecule has 1 unspecified atom stereocenters. The van der Waals surface area contributed by atoms with E-state index in [1.54, 1.807) is 16.8 Å². The van der Waals surface area contributed by atoms with Crippen LogP contribution in [0, 0.1) is 0 Å². The summed E-state index contributed by atoms with van der Waals surface area (Å²) in [4.78, 5) is 27.1. The van der Waals surface area contributed by atoms with Crippen LogP contribution in [0.1, 0.15) is 30.7 Å². The molecule has 1 aromatic carbocycles. The monoisotopic (exact) mass is 375 g/mol. The zero-order chi connectivity index (χ0) is 19.2. The van der Waals surface area contributed by atoms with Crippen molar-refractivity contribution in [2.24, 2.45) is 0 Å². The zero-order valence-electron chi connectivity index (χ0n) is 15.8. The summed E-state index contributed by atoms with van der Waals surface area (Å²) in [6, 6.07) is 10.5. The number of carboxylic acid groups (broad SMARTS) is 1. The van der Waals surface area contributed by atoms with Crippen LogP contribution < -0.4 is 5.32 Å². The van der Waals surface area contributed by atoms with Gasteiger partial charge in [-0.25, -0.2) is 4.79 Å². The molecule has 1 aromatic rings. The van der Waals surface area contributed by atoms with Gasteiger partial charge in [0.2, 0.25) is 0 Å². The van der Waals surface area contributed by atoms with Crippen molar-refractivity contribution < 1.29 is 19.4 Å². The van der Waals surface area contributed by atoms with Crippen LogP contribution in [-0.4, -0.2) is 78.9 Å². The number of rotatable bonds is 6. The molecule has 7 heteroatoms. The van der Waals surface area contributed by atoms with Crippen molar-refractivity contribution in [2.75, 3.05) is 39.8 Å². The molecule has 3 atom stereocenters. The van der Waals surface area contributed by atoms with Crippen LogP contribution in [0.3, 0.4) is 0 Å². The second-order valence-electron chi connectivity index (χ2n) is 7.53. The van der Waals surface area contributed by atoms with Gasteiger partial charge in [0, 0.05) is 31.6 Å². The smallest absolute Gasteiger partial charge is 0.317 e. The molecule has 0 bridgehead atoms. The third-order valence-electron chi connectivity index (χ3n) is 5.40. The van der Waals surface area contributed by atoms with E-state index in [-0.39, 0.29) is 24.7 Å². The van der Waals surface area contributed by atoms with E-state index in [2.05, 4.69) is 17.4 Å². The largest absolute Gasteiger partial charge is 0.480 e. The Labute approximate surface area is 160 Å². The Bertz CT molecular complexity index is 639. The number of carbonyl (C=O) groups is 2. The molecule has 1 aliphatic heterocycles. The number of urea groups is 1. The molecule has 1 heterocycles. The molecule has 148 valence electrons. The highest BCUT2D eigenvalue weighted by Crippen LogP contribution is 2.34. The molecular formula is C20H29N3O4. The minimum Gasteiger partial charge on any atom is -0.480 e. The fourth-order valence-electron chi connectivity index (χ4n) is 4.14. The van der Waals surface area contributed by atoms with Crippen molar-refractivity contribution in [3.05, 3.63) is 35.9 Å². The second-order valence-corrected chi connectivity index (χ2v) is 7.53. The first-order chi connectivity index (χ1) is 13.0. The lowest BCUT2D eigenvalue weighted by molar-refractivity contribution is -0.138. The summed E-state index contributed by atoms with van der Waals surface area (Å²) < 4.78 is 5.71. The molecule has 0 spiro atoms. The number of carbonyl (C=O) groups excluding carboxylic acids is 1. The molecule has 0 radical (unpaired) electrons. The summed E-state index contributed by atoms with van der Waals surface area (Å²) in [7, 11) is 1.75. The van der Waals surface area contributed by atoms with Crippen LogP contribution in [0.25, 0.3) is 0 Å². The molecule has 2 amide bonds. The summed E-state index contributed by atoms with van der Waals surface area (Å²) in [6.45, 7) is 1.98. The number of nitrogens with one attached hydrogen (secondary N) is 1. The lowest BCUT2D eigenvalue weighted by Gasteiger charge is -2.35. The van der Waals surface area contributed by atoms with E-state index in [1.165, 1.54) is 5.56 Å². The van der Waals surface area contributed by atoms with Gasteiger partial charge in [0.05, 0.1) is 19.3 Å². The van der Waals surface area contributed by atoms with Crippen molar-refractivity contribution in [1.29, 1.82) is 0 Å². The predicted octanol–water partition coefficient (Wildman–Crippen LogP) is 1.75. The molecule has 7 nitrogen and oxygen atoms in total. The Morgan fingerprint density at radius 3 is 2.81 bits per heavy atom. The molecule has 3 rings (SSSR count). The Hall–Kier alpha value is -2.12. The first-order valence-electron chi connectivity index (χ1n) is 9.65. The van der Waals surface area contributed by atoms with E-state index in [9.17, 15) is 9.59 Å². The van der Waals surface area contributed by atoms with Gasteiger partial charge < -0.3 is 20.1 Å². The SMILES string of the molecule is CN(CC(=O)O)CC1CN(C(=O)N[C@@H]2CCC[C@@H]2c2ccccc2)CCO1. The summed E-state index contributed by atoms with van der Waals surface area (Å²) in [6.07, 6.45) is 3.06. The van der Waals surface area contributed by atoms with Crippen LogP contribution >= 0.6 is 0 Å². The summed E-state index contributed by atoms with van der Waals surface area (Å²) in [5.41, 5.74) is 1.29. The van der Waals surface area contributed by atoms with Crippen molar-refractivity contribution in [2.45, 2.75) is 37.3 Å². The van der Waals surface area contributed by atoms with Crippen LogP contribution in [0.5, 0.6) is 0 Å². The normalized spacial score (nSPS) is 25.6. The molecule has 2 aliphatic rings. The fraction of sp³-hybridized carbons (Fsp3) is 0.600. The first-order valence-corrected chi connectivity index (χ1v) is 9.65. The third-order valence-corrected chi connectivity index (χ3v) is 5.40. The van der Waals surface area contributed by atoms with Crippen molar-refractivity contribution in [3.8, 4) is 0 Å². The Kier molecular flexibility index (Phi) is 6.68. The topological polar surface area (TPSA) is 82.1 Å². The molecular weight excluding hydrogens is 346 g/mol. The maximum atomic E-state index is 12.8. The van der Waals surface area contributed by atoms with Crippen LogP contribution in [0.15, 0.2) is 30.3 Å². The number of aliphatic carboxylic acids is 1. The standard InChI is InChI=1S/C20H29N3O4/c1-22(14-19(24)25)12-16-13-23(10-11-27-16)20(26)21-18-9-5-8-17(18)15-6-3-2-4-7-15/h2-4,6-7,16-18H,5,8-14H2,1H3,(H,21,26)(H,24,25)/t16?,17-,18-/m1/s1. The van der Waals surface area contributed by atoms with E-state index in [0.717, 1.165) is 19.3 Å². The minimum atomic E-state index is -0.865. The fourth-order valence-corrected chi connectivity index (χ4v) is 4.14. The van der Waals surface area contributed by atoms with E-state index in [0.29, 0.717) is 32.2 Å². The van der Waals surface area contributed by atoms with Crippen LogP contribution in [0.4, 0.5) is 4.79 Å². The lowest BCUT2D eigenvalue weighted by atomic mass is 9.94. The molecule has 2 fully saturated rings. The number of benzene rings is 1. The van der Waals surface area contributed by atoms with Crippen LogP contribution in [0.2, 0.25) is 0 Å². The van der Waals surface area contributed by atoms with Gasteiger partial charge in [-0.3, -0.25) is 9.69 Å². The molecule has 2 N–H and O–H groups in total. The van der Waals surface area contributed by atoms with Crippen molar-refractivity contribution in [1.82, 2.24) is 15.1 Å². The first kappa shape index (κ1) is 19.6. The number of amides is 2. The lowest BCUT2D eigenvalue weighted by Crippen LogP contribution is -2.54. The number of ether oxygens (including phenoxy) is 1. The van der Waals surface area contributed by atoms with Gasteiger partial charge in [-0.05, 0) is 25.5 Å². The van der Waals surface area contributed by atoms with Gasteiger partial charge in [0.15, 0.2) is 0 Å². The van der Waals surface area contributed by atoms with E-state index < -0.39 is 5.97 Å². The van der Waals surface area contributed by atoms with E-state index >= 15 is 0 Å². The molecule has 27 heavy (non-hydrogen) atoms. The quantitative estimate of drug-likeness (QED) is 0.792. The average Bonchev–Trinajstić information content (AvgIpc) is 3.10. The Morgan fingerprint density at radius 1 is 1.30 bits per heavy atom. The number of morpholine rings is 1. The van der Waals surface area contributed by atoms with Crippen molar-refractivity contribution >= 4 is 12.0 Å². The van der Waals surface area contributed by atoms with Gasteiger partial charge in [-0.1, -0.05) is 36.8 Å². The molecule has 1 aliphatic carbocycles. The predicted molar refractivity (Wildman–Crippen MR) is 102 cm³/mol. The highest BCUT2D eigenvalue weighted by molar-refractivity contribution is 5.75. The Morgan fingerprint density at radius 2 is 2.07 bits per heavy atom. The Balaban J connectivity index is 1.53. The van der Waals surface area contributed by atoms with Crippen molar-refractivity contribution in [3.63, 3.8) is 0 Å². The van der Waals surface area contributed by atoms with Gasteiger partial charge >= 0.3 is 12.0 Å². The summed E-state index contributed by atoms with van der Waals surface area (Å²) >= 11 is 0. The highest BCUT2D eigenvalue weighted by atomic mass is 16.5. The van der Waals surface area contributed by atoms with Gasteiger partial charge in [-0.15, -0.1) is 0 Å². The highest BCUT2D eigenvalue weighted by Gasteiger charge is 2.32. The average molecular weight is 375 g/mol.